The van der Waals surface area contributed by atoms with Crippen LogP contribution in [0.1, 0.15) is 31.9 Å². The molecule has 1 amide bonds. The number of rotatable bonds is 3. The van der Waals surface area contributed by atoms with Gasteiger partial charge in [-0.3, -0.25) is 4.79 Å². The van der Waals surface area contributed by atoms with Gasteiger partial charge in [-0.2, -0.15) is 0 Å². The zero-order chi connectivity index (χ0) is 13.1. The molecule has 98 valence electrons. The molecule has 1 aliphatic heterocycles. The Bertz CT molecular complexity index is 416. The largest absolute Gasteiger partial charge is 0.354 e. The van der Waals surface area contributed by atoms with E-state index >= 15 is 0 Å². The number of pyridine rings is 1. The lowest BCUT2D eigenvalue weighted by Crippen LogP contribution is -2.35. The number of hydrogen-bond acceptors (Lipinski definition) is 4. The van der Waals surface area contributed by atoms with E-state index in [4.69, 9.17) is 5.73 Å². The quantitative estimate of drug-likeness (QED) is 0.830. The third-order valence-corrected chi connectivity index (χ3v) is 3.22. The van der Waals surface area contributed by atoms with E-state index in [0.717, 1.165) is 30.9 Å². The summed E-state index contributed by atoms with van der Waals surface area (Å²) < 4.78 is 0. The molecule has 0 spiro atoms. The van der Waals surface area contributed by atoms with Crippen LogP contribution in [0.5, 0.6) is 0 Å². The Morgan fingerprint density at radius 3 is 2.94 bits per heavy atom. The molecule has 5 nitrogen and oxygen atoms in total. The van der Waals surface area contributed by atoms with Gasteiger partial charge >= 0.3 is 0 Å². The minimum atomic E-state index is 0.0113. The summed E-state index contributed by atoms with van der Waals surface area (Å²) in [5.41, 5.74) is 6.83. The highest BCUT2D eigenvalue weighted by Gasteiger charge is 2.23. The van der Waals surface area contributed by atoms with Crippen LogP contribution in [0.2, 0.25) is 0 Å². The van der Waals surface area contributed by atoms with Crippen LogP contribution in [0.3, 0.4) is 0 Å². The number of amides is 1. The lowest BCUT2D eigenvalue weighted by molar-refractivity contribution is -0.119. The molecule has 1 aromatic rings. The van der Waals surface area contributed by atoms with E-state index in [1.807, 2.05) is 25.3 Å². The summed E-state index contributed by atoms with van der Waals surface area (Å²) in [6, 6.07) is 4.25. The van der Waals surface area contributed by atoms with Gasteiger partial charge < -0.3 is 16.0 Å². The molecule has 1 fully saturated rings. The van der Waals surface area contributed by atoms with Crippen LogP contribution in [0.15, 0.2) is 18.3 Å². The lowest BCUT2D eigenvalue weighted by Gasteiger charge is -2.18. The molecule has 5 heteroatoms. The first-order valence-corrected chi connectivity index (χ1v) is 6.30. The molecule has 0 bridgehead atoms. The molecular weight excluding hydrogens is 228 g/mol. The number of nitrogens with two attached hydrogens (primary N) is 1. The van der Waals surface area contributed by atoms with E-state index < -0.39 is 0 Å². The Morgan fingerprint density at radius 2 is 2.39 bits per heavy atom. The lowest BCUT2D eigenvalue weighted by atomic mass is 10.1. The van der Waals surface area contributed by atoms with E-state index in [0.29, 0.717) is 0 Å². The van der Waals surface area contributed by atoms with Crippen molar-refractivity contribution in [2.75, 3.05) is 18.0 Å². The van der Waals surface area contributed by atoms with Crippen molar-refractivity contribution in [3.8, 4) is 0 Å². The fourth-order valence-electron chi connectivity index (χ4n) is 2.23. The summed E-state index contributed by atoms with van der Waals surface area (Å²) in [7, 11) is 0. The smallest absolute Gasteiger partial charge is 0.217 e. The van der Waals surface area contributed by atoms with Gasteiger partial charge in [0.15, 0.2) is 0 Å². The van der Waals surface area contributed by atoms with Crippen molar-refractivity contribution in [3.63, 3.8) is 0 Å². The third kappa shape index (κ3) is 2.98. The molecule has 0 aromatic carbocycles. The van der Waals surface area contributed by atoms with Gasteiger partial charge in [0.2, 0.25) is 5.91 Å². The minimum absolute atomic E-state index is 0.0113. The van der Waals surface area contributed by atoms with Gasteiger partial charge in [0.1, 0.15) is 5.82 Å². The van der Waals surface area contributed by atoms with Gasteiger partial charge in [-0.15, -0.1) is 0 Å². The van der Waals surface area contributed by atoms with Crippen molar-refractivity contribution in [3.05, 3.63) is 23.9 Å². The van der Waals surface area contributed by atoms with Crippen molar-refractivity contribution in [1.82, 2.24) is 10.3 Å². The predicted octanol–water partition coefficient (Wildman–Crippen LogP) is 0.816. The van der Waals surface area contributed by atoms with Crippen LogP contribution in [-0.4, -0.2) is 30.0 Å². The Kier molecular flexibility index (Phi) is 3.81. The molecule has 1 aromatic heterocycles. The first kappa shape index (κ1) is 12.8. The number of hydrogen-bond donors (Lipinski definition) is 2. The number of anilines is 1. The highest BCUT2D eigenvalue weighted by molar-refractivity contribution is 5.73. The Morgan fingerprint density at radius 1 is 1.61 bits per heavy atom. The summed E-state index contributed by atoms with van der Waals surface area (Å²) in [4.78, 5) is 17.6. The fourth-order valence-corrected chi connectivity index (χ4v) is 2.23. The molecule has 2 atom stereocenters. The SMILES string of the molecule is CC(=O)NC1CCN(c2ccc(C(C)N)cn2)C1. The molecule has 1 aliphatic rings. The molecule has 2 unspecified atom stereocenters. The van der Waals surface area contributed by atoms with Crippen LogP contribution >= 0.6 is 0 Å². The molecule has 2 rings (SSSR count). The van der Waals surface area contributed by atoms with Crippen LogP contribution in [0.4, 0.5) is 5.82 Å². The zero-order valence-electron chi connectivity index (χ0n) is 10.9. The molecule has 0 aliphatic carbocycles. The standard InChI is InChI=1S/C13H20N4O/c1-9(14)11-3-4-13(15-7-11)17-6-5-12(8-17)16-10(2)18/h3-4,7,9,12H,5-6,8,14H2,1-2H3,(H,16,18). The molecule has 2 heterocycles. The van der Waals surface area contributed by atoms with Crippen molar-refractivity contribution < 1.29 is 4.79 Å². The van der Waals surface area contributed by atoms with E-state index in [9.17, 15) is 4.79 Å². The summed E-state index contributed by atoms with van der Waals surface area (Å²) in [6.45, 7) is 5.25. The minimum Gasteiger partial charge on any atom is -0.354 e. The highest BCUT2D eigenvalue weighted by atomic mass is 16.1. The van der Waals surface area contributed by atoms with Crippen LogP contribution in [0, 0.1) is 0 Å². The van der Waals surface area contributed by atoms with Gasteiger partial charge in [0.25, 0.3) is 0 Å². The zero-order valence-corrected chi connectivity index (χ0v) is 10.9. The van der Waals surface area contributed by atoms with Crippen molar-refractivity contribution in [1.29, 1.82) is 0 Å². The number of aromatic nitrogens is 1. The van der Waals surface area contributed by atoms with Gasteiger partial charge in [0.05, 0.1) is 0 Å². The first-order valence-electron chi connectivity index (χ1n) is 6.30. The molecule has 18 heavy (non-hydrogen) atoms. The number of nitrogens with zero attached hydrogens (tertiary/aromatic N) is 2. The fraction of sp³-hybridized carbons (Fsp3) is 0.538. The van der Waals surface area contributed by atoms with Crippen LogP contribution in [-0.2, 0) is 4.79 Å². The van der Waals surface area contributed by atoms with E-state index in [2.05, 4.69) is 15.2 Å². The normalized spacial score (nSPS) is 20.8. The second kappa shape index (κ2) is 5.35. The summed E-state index contributed by atoms with van der Waals surface area (Å²) in [6.07, 6.45) is 2.79. The number of nitrogens with one attached hydrogen (secondary N) is 1. The maximum absolute atomic E-state index is 11.0. The Hall–Kier alpha value is -1.62. The number of carbonyl (C=O) groups excluding carboxylic acids is 1. The third-order valence-electron chi connectivity index (χ3n) is 3.22. The molecular formula is C13H20N4O. The van der Waals surface area contributed by atoms with E-state index in [-0.39, 0.29) is 18.0 Å². The Labute approximate surface area is 107 Å². The second-order valence-electron chi connectivity index (χ2n) is 4.87. The van der Waals surface area contributed by atoms with Gasteiger partial charge in [-0.05, 0) is 25.0 Å². The highest BCUT2D eigenvalue weighted by Crippen LogP contribution is 2.19. The Balaban J connectivity index is 1.98. The van der Waals surface area contributed by atoms with Gasteiger partial charge in [0, 0.05) is 38.3 Å². The summed E-state index contributed by atoms with van der Waals surface area (Å²) in [5, 5.41) is 2.94. The number of carbonyl (C=O) groups is 1. The van der Waals surface area contributed by atoms with E-state index in [1.165, 1.54) is 0 Å². The molecule has 0 saturated carbocycles. The molecule has 3 N–H and O–H groups in total. The average Bonchev–Trinajstić information content (AvgIpc) is 2.76. The van der Waals surface area contributed by atoms with Gasteiger partial charge in [-0.25, -0.2) is 4.98 Å². The summed E-state index contributed by atoms with van der Waals surface area (Å²) >= 11 is 0. The van der Waals surface area contributed by atoms with Crippen molar-refractivity contribution >= 4 is 11.7 Å². The van der Waals surface area contributed by atoms with E-state index in [1.54, 1.807) is 6.92 Å². The van der Waals surface area contributed by atoms with Crippen molar-refractivity contribution in [2.45, 2.75) is 32.4 Å². The van der Waals surface area contributed by atoms with Crippen LogP contribution in [0.25, 0.3) is 0 Å². The van der Waals surface area contributed by atoms with Crippen molar-refractivity contribution in [2.24, 2.45) is 5.73 Å². The maximum atomic E-state index is 11.0. The molecule has 1 saturated heterocycles. The second-order valence-corrected chi connectivity index (χ2v) is 4.87. The summed E-state index contributed by atoms with van der Waals surface area (Å²) in [5.74, 6) is 0.981. The monoisotopic (exact) mass is 248 g/mol. The maximum Gasteiger partial charge on any atom is 0.217 e. The molecule has 0 radical (unpaired) electrons. The topological polar surface area (TPSA) is 71.2 Å². The average molecular weight is 248 g/mol. The first-order chi connectivity index (χ1) is 8.56. The predicted molar refractivity (Wildman–Crippen MR) is 71.3 cm³/mol. The van der Waals surface area contributed by atoms with Crippen LogP contribution < -0.4 is 16.0 Å². The van der Waals surface area contributed by atoms with Gasteiger partial charge in [-0.1, -0.05) is 6.07 Å².